The number of rotatable bonds is 7. The number of allylic oxidation sites excluding steroid dienone is 1. The van der Waals surface area contributed by atoms with Crippen LogP contribution in [0.5, 0.6) is 0 Å². The van der Waals surface area contributed by atoms with Gasteiger partial charge < -0.3 is 4.74 Å². The topological polar surface area (TPSA) is 39.2 Å². The summed E-state index contributed by atoms with van der Waals surface area (Å²) in [5, 5.41) is 0.596. The number of pyridine rings is 1. The predicted octanol–water partition coefficient (Wildman–Crippen LogP) is 4.83. The molecule has 0 aliphatic carbocycles. The number of hydrogen-bond donors (Lipinski definition) is 0. The molecule has 0 N–H and O–H groups in total. The van der Waals surface area contributed by atoms with Crippen LogP contribution in [0.25, 0.3) is 0 Å². The second-order valence-electron chi connectivity index (χ2n) is 4.10. The molecular formula is C13H14ClF2NO2S. The molecule has 0 spiro atoms. The van der Waals surface area contributed by atoms with Gasteiger partial charge in [-0.1, -0.05) is 0 Å². The first-order valence-electron chi connectivity index (χ1n) is 5.97. The molecule has 0 aromatic carbocycles. The average Bonchev–Trinajstić information content (AvgIpc) is 2.46. The van der Waals surface area contributed by atoms with Crippen LogP contribution >= 0.6 is 21.7 Å². The summed E-state index contributed by atoms with van der Waals surface area (Å²) in [4.78, 5) is 15.6. The SMILES string of the molecule is CC(CCCCOC(=O)c1ccc(SCl)nc1)=C(F)F. The van der Waals surface area contributed by atoms with Crippen molar-refractivity contribution in [3.8, 4) is 0 Å². The van der Waals surface area contributed by atoms with Crippen LogP contribution in [-0.2, 0) is 4.74 Å². The highest BCUT2D eigenvalue weighted by Crippen LogP contribution is 2.19. The van der Waals surface area contributed by atoms with Crippen molar-refractivity contribution in [2.24, 2.45) is 0 Å². The molecule has 1 aromatic heterocycles. The maximum Gasteiger partial charge on any atom is 0.339 e. The zero-order valence-electron chi connectivity index (χ0n) is 10.9. The fourth-order valence-corrected chi connectivity index (χ4v) is 1.87. The van der Waals surface area contributed by atoms with E-state index in [1.165, 1.54) is 13.1 Å². The van der Waals surface area contributed by atoms with E-state index in [2.05, 4.69) is 4.98 Å². The third kappa shape index (κ3) is 5.88. The van der Waals surface area contributed by atoms with Crippen molar-refractivity contribution < 1.29 is 18.3 Å². The number of unbranched alkanes of at least 4 members (excludes halogenated alkanes) is 1. The van der Waals surface area contributed by atoms with Crippen LogP contribution in [0.2, 0.25) is 0 Å². The minimum Gasteiger partial charge on any atom is -0.462 e. The van der Waals surface area contributed by atoms with Crippen LogP contribution < -0.4 is 0 Å². The molecule has 0 saturated heterocycles. The zero-order valence-corrected chi connectivity index (χ0v) is 12.4. The zero-order chi connectivity index (χ0) is 15.0. The molecule has 0 amide bonds. The fourth-order valence-electron chi connectivity index (χ4n) is 1.38. The number of aromatic nitrogens is 1. The molecule has 7 heteroatoms. The number of carbonyl (C=O) groups excluding carboxylic acids is 1. The summed E-state index contributed by atoms with van der Waals surface area (Å²) < 4.78 is 29.3. The van der Waals surface area contributed by atoms with Crippen molar-refractivity contribution in [2.45, 2.75) is 31.2 Å². The quantitative estimate of drug-likeness (QED) is 0.533. The van der Waals surface area contributed by atoms with Gasteiger partial charge in [-0.25, -0.2) is 9.78 Å². The van der Waals surface area contributed by atoms with E-state index in [-0.39, 0.29) is 12.2 Å². The molecule has 0 saturated carbocycles. The molecule has 3 nitrogen and oxygen atoms in total. The molecule has 0 aliphatic rings. The second-order valence-corrected chi connectivity index (χ2v) is 5.13. The van der Waals surface area contributed by atoms with Gasteiger partial charge in [0.05, 0.1) is 12.2 Å². The Bertz CT molecular complexity index is 476. The third-order valence-corrected chi connectivity index (χ3v) is 3.43. The highest BCUT2D eigenvalue weighted by molar-refractivity contribution is 8.21. The van der Waals surface area contributed by atoms with Crippen molar-refractivity contribution in [3.05, 3.63) is 35.5 Å². The highest BCUT2D eigenvalue weighted by atomic mass is 35.7. The van der Waals surface area contributed by atoms with E-state index in [1.807, 2.05) is 0 Å². The lowest BCUT2D eigenvalue weighted by Crippen LogP contribution is -2.06. The van der Waals surface area contributed by atoms with Crippen molar-refractivity contribution >= 4 is 27.6 Å². The Hall–Kier alpha value is -1.14. The van der Waals surface area contributed by atoms with Gasteiger partial charge in [0.1, 0.15) is 5.03 Å². The minimum atomic E-state index is -1.63. The molecule has 1 rings (SSSR count). The van der Waals surface area contributed by atoms with Crippen LogP contribution in [0.15, 0.2) is 35.0 Å². The van der Waals surface area contributed by atoms with E-state index in [1.54, 1.807) is 12.1 Å². The maximum absolute atomic E-state index is 12.1. The molecule has 0 fully saturated rings. The first kappa shape index (κ1) is 16.9. The lowest BCUT2D eigenvalue weighted by molar-refractivity contribution is 0.0497. The van der Waals surface area contributed by atoms with E-state index in [4.69, 9.17) is 15.4 Å². The molecule has 20 heavy (non-hydrogen) atoms. The number of hydrogen-bond acceptors (Lipinski definition) is 4. The van der Waals surface area contributed by atoms with Gasteiger partial charge in [0.25, 0.3) is 6.08 Å². The summed E-state index contributed by atoms with van der Waals surface area (Å²) in [7, 11) is 6.47. The van der Waals surface area contributed by atoms with Crippen LogP contribution in [0.4, 0.5) is 8.78 Å². The molecule has 0 bridgehead atoms. The van der Waals surface area contributed by atoms with Gasteiger partial charge in [0.15, 0.2) is 0 Å². The van der Waals surface area contributed by atoms with Crippen LogP contribution in [0.1, 0.15) is 36.5 Å². The van der Waals surface area contributed by atoms with Gasteiger partial charge in [0, 0.05) is 17.2 Å². The Morgan fingerprint density at radius 3 is 2.70 bits per heavy atom. The summed E-state index contributed by atoms with van der Waals surface area (Å²) in [5.74, 6) is -0.479. The standard InChI is InChI=1S/C13H14ClF2NO2S/c1-9(12(15)16)4-2-3-7-19-13(18)10-5-6-11(20-14)17-8-10/h5-6,8H,2-4,7H2,1H3. The number of esters is 1. The predicted molar refractivity (Wildman–Crippen MR) is 75.0 cm³/mol. The minimum absolute atomic E-state index is 0.0784. The van der Waals surface area contributed by atoms with Gasteiger partial charge in [-0.3, -0.25) is 0 Å². The largest absolute Gasteiger partial charge is 0.462 e. The van der Waals surface area contributed by atoms with Gasteiger partial charge in [0.2, 0.25) is 0 Å². The Morgan fingerprint density at radius 1 is 1.40 bits per heavy atom. The number of halogens is 3. The first-order valence-corrected chi connectivity index (χ1v) is 7.61. The number of nitrogens with zero attached hydrogens (tertiary/aromatic N) is 1. The summed E-state index contributed by atoms with van der Waals surface area (Å²) >= 11 is 0. The molecule has 110 valence electrons. The summed E-state index contributed by atoms with van der Waals surface area (Å²) in [5.41, 5.74) is 0.417. The van der Waals surface area contributed by atoms with Crippen molar-refractivity contribution in [1.29, 1.82) is 0 Å². The lowest BCUT2D eigenvalue weighted by Gasteiger charge is -2.05. The smallest absolute Gasteiger partial charge is 0.339 e. The van der Waals surface area contributed by atoms with Crippen molar-refractivity contribution in [3.63, 3.8) is 0 Å². The summed E-state index contributed by atoms with van der Waals surface area (Å²) in [6.07, 6.45) is 1.16. The number of carbonyl (C=O) groups is 1. The average molecular weight is 322 g/mol. The molecule has 0 unspecified atom stereocenters. The Labute approximate surface area is 124 Å². The fraction of sp³-hybridized carbons (Fsp3) is 0.385. The molecule has 1 aromatic rings. The summed E-state index contributed by atoms with van der Waals surface area (Å²) in [6.45, 7) is 1.59. The van der Waals surface area contributed by atoms with Gasteiger partial charge in [-0.2, -0.15) is 8.78 Å². The van der Waals surface area contributed by atoms with E-state index < -0.39 is 12.0 Å². The van der Waals surface area contributed by atoms with Crippen molar-refractivity contribution in [1.82, 2.24) is 4.98 Å². The van der Waals surface area contributed by atoms with Crippen LogP contribution in [0.3, 0.4) is 0 Å². The monoisotopic (exact) mass is 321 g/mol. The lowest BCUT2D eigenvalue weighted by atomic mass is 10.1. The van der Waals surface area contributed by atoms with E-state index in [0.717, 1.165) is 11.0 Å². The van der Waals surface area contributed by atoms with Gasteiger partial charge in [-0.15, -0.1) is 0 Å². The van der Waals surface area contributed by atoms with Crippen LogP contribution in [-0.4, -0.2) is 17.6 Å². The van der Waals surface area contributed by atoms with E-state index in [9.17, 15) is 13.6 Å². The van der Waals surface area contributed by atoms with Crippen LogP contribution in [0, 0.1) is 0 Å². The second kappa shape index (κ2) is 8.92. The molecule has 0 aliphatic heterocycles. The first-order chi connectivity index (χ1) is 9.54. The molecular weight excluding hydrogens is 308 g/mol. The van der Waals surface area contributed by atoms with Gasteiger partial charge in [-0.05, 0) is 54.6 Å². The normalized spacial score (nSPS) is 10.2. The Morgan fingerprint density at radius 2 is 2.15 bits per heavy atom. The van der Waals surface area contributed by atoms with Gasteiger partial charge >= 0.3 is 5.97 Å². The highest BCUT2D eigenvalue weighted by Gasteiger charge is 2.07. The Balaban J connectivity index is 2.28. The van der Waals surface area contributed by atoms with E-state index in [0.29, 0.717) is 29.9 Å². The van der Waals surface area contributed by atoms with Crippen molar-refractivity contribution in [2.75, 3.05) is 6.61 Å². The third-order valence-electron chi connectivity index (χ3n) is 2.55. The maximum atomic E-state index is 12.1. The summed E-state index contributed by atoms with van der Waals surface area (Å²) in [6, 6.07) is 3.19. The van der Waals surface area contributed by atoms with E-state index >= 15 is 0 Å². The molecule has 0 atom stereocenters. The molecule has 1 heterocycles. The number of ether oxygens (including phenoxy) is 1. The molecule has 0 radical (unpaired) electrons. The Kier molecular flexibility index (Phi) is 7.54.